The summed E-state index contributed by atoms with van der Waals surface area (Å²) in [6.45, 7) is 3.65. The summed E-state index contributed by atoms with van der Waals surface area (Å²) in [6.07, 6.45) is 6.00. The van der Waals surface area contributed by atoms with E-state index in [9.17, 15) is 0 Å². The molecular weight excluding hydrogens is 272 g/mol. The Morgan fingerprint density at radius 2 is 1.32 bits per heavy atom. The third kappa shape index (κ3) is 9.11. The summed E-state index contributed by atoms with van der Waals surface area (Å²) in [5.74, 6) is 0. The summed E-state index contributed by atoms with van der Waals surface area (Å²) >= 11 is 0. The average molecular weight is 298 g/mol. The van der Waals surface area contributed by atoms with E-state index in [0.717, 1.165) is 12.8 Å². The van der Waals surface area contributed by atoms with Crippen molar-refractivity contribution in [3.63, 3.8) is 0 Å². The third-order valence-electron chi connectivity index (χ3n) is 2.95. The van der Waals surface area contributed by atoms with E-state index in [1.165, 1.54) is 11.1 Å². The smallest absolute Gasteiger partial charge is 0.0721 e. The topological polar surface area (TPSA) is 29.5 Å². The maximum Gasteiger partial charge on any atom is 0.0721 e. The van der Waals surface area contributed by atoms with Crippen molar-refractivity contribution >= 4 is 0 Å². The monoisotopic (exact) mass is 298 g/mol. The summed E-state index contributed by atoms with van der Waals surface area (Å²) in [5.41, 5.74) is 2.43. The van der Waals surface area contributed by atoms with Gasteiger partial charge in [0.05, 0.1) is 19.8 Å². The zero-order valence-electron chi connectivity index (χ0n) is 13.3. The van der Waals surface area contributed by atoms with E-state index in [0.29, 0.717) is 13.2 Å². The second-order valence-corrected chi connectivity index (χ2v) is 4.91. The first-order valence-corrected chi connectivity index (χ1v) is 7.78. The van der Waals surface area contributed by atoms with E-state index < -0.39 is 0 Å². The molecule has 0 radical (unpaired) electrons. The van der Waals surface area contributed by atoms with Gasteiger partial charge in [-0.05, 0) is 17.5 Å². The average Bonchev–Trinajstić information content (AvgIpc) is 2.58. The Bertz CT molecular complexity index is 452. The van der Waals surface area contributed by atoms with Crippen molar-refractivity contribution in [3.8, 4) is 0 Å². The Labute approximate surface area is 134 Å². The van der Waals surface area contributed by atoms with Gasteiger partial charge in [-0.15, -0.1) is 0 Å². The fourth-order valence-corrected chi connectivity index (χ4v) is 1.79. The summed E-state index contributed by atoms with van der Waals surface area (Å²) in [6, 6.07) is 20.4. The quantitative estimate of drug-likeness (QED) is 0.748. The van der Waals surface area contributed by atoms with Crippen LogP contribution >= 0.6 is 0 Å². The van der Waals surface area contributed by atoms with Crippen LogP contribution in [-0.2, 0) is 18.0 Å². The number of aliphatic hydroxyl groups is 1. The molecule has 0 fully saturated rings. The van der Waals surface area contributed by atoms with Gasteiger partial charge in [-0.2, -0.15) is 0 Å². The van der Waals surface area contributed by atoms with Gasteiger partial charge in [0.25, 0.3) is 0 Å². The lowest BCUT2D eigenvalue weighted by Crippen LogP contribution is -1.93. The molecule has 0 spiro atoms. The standard InChI is InChI=1S/C14H14O.C6H12O/c1-3-7-13(8-4-1)11-15-12-14-9-5-2-6-10-14;1-2-3-4-5-6-7/h1-10H,11-12H2;4-5,7H,2-3,6H2,1H3/b;5-4+. The lowest BCUT2D eigenvalue weighted by molar-refractivity contribution is 0.107. The zero-order valence-corrected chi connectivity index (χ0v) is 13.3. The predicted octanol–water partition coefficient (Wildman–Crippen LogP) is 4.74. The molecule has 0 unspecified atom stereocenters. The molecule has 0 bridgehead atoms. The molecule has 2 nitrogen and oxygen atoms in total. The minimum atomic E-state index is 0.181. The van der Waals surface area contributed by atoms with Crippen LogP contribution in [0.25, 0.3) is 0 Å². The normalized spacial score (nSPS) is 10.3. The number of unbranched alkanes of at least 4 members (excludes halogenated alkanes) is 1. The summed E-state index contributed by atoms with van der Waals surface area (Å²) < 4.78 is 5.61. The number of aliphatic hydroxyl groups excluding tert-OH is 1. The van der Waals surface area contributed by atoms with Crippen molar-refractivity contribution < 1.29 is 9.84 Å². The van der Waals surface area contributed by atoms with Gasteiger partial charge in [-0.25, -0.2) is 0 Å². The van der Waals surface area contributed by atoms with Crippen molar-refractivity contribution in [2.24, 2.45) is 0 Å². The van der Waals surface area contributed by atoms with Gasteiger partial charge in [0.2, 0.25) is 0 Å². The highest BCUT2D eigenvalue weighted by Crippen LogP contribution is 2.05. The van der Waals surface area contributed by atoms with Gasteiger partial charge in [-0.3, -0.25) is 0 Å². The number of hydrogen-bond acceptors (Lipinski definition) is 2. The molecule has 0 amide bonds. The van der Waals surface area contributed by atoms with Gasteiger partial charge < -0.3 is 9.84 Å². The molecule has 0 atom stereocenters. The van der Waals surface area contributed by atoms with Crippen molar-refractivity contribution in [2.75, 3.05) is 6.61 Å². The summed E-state index contributed by atoms with van der Waals surface area (Å²) in [4.78, 5) is 0. The van der Waals surface area contributed by atoms with Crippen LogP contribution in [0.4, 0.5) is 0 Å². The maximum absolute atomic E-state index is 8.21. The Morgan fingerprint density at radius 1 is 0.818 bits per heavy atom. The number of allylic oxidation sites excluding steroid dienone is 1. The largest absolute Gasteiger partial charge is 0.392 e. The second-order valence-electron chi connectivity index (χ2n) is 4.91. The van der Waals surface area contributed by atoms with Crippen LogP contribution < -0.4 is 0 Å². The molecule has 22 heavy (non-hydrogen) atoms. The molecule has 2 aromatic carbocycles. The molecular formula is C20H26O2. The van der Waals surface area contributed by atoms with Gasteiger partial charge in [-0.1, -0.05) is 86.2 Å². The summed E-state index contributed by atoms with van der Waals surface area (Å²) in [7, 11) is 0. The van der Waals surface area contributed by atoms with Crippen LogP contribution in [0, 0.1) is 0 Å². The number of hydrogen-bond donors (Lipinski definition) is 1. The van der Waals surface area contributed by atoms with E-state index in [1.54, 1.807) is 6.08 Å². The predicted molar refractivity (Wildman–Crippen MR) is 92.5 cm³/mol. The van der Waals surface area contributed by atoms with Crippen LogP contribution in [0.2, 0.25) is 0 Å². The van der Waals surface area contributed by atoms with Gasteiger partial charge >= 0.3 is 0 Å². The van der Waals surface area contributed by atoms with Crippen LogP contribution in [-0.4, -0.2) is 11.7 Å². The van der Waals surface area contributed by atoms with Crippen LogP contribution in [0.15, 0.2) is 72.8 Å². The van der Waals surface area contributed by atoms with E-state index in [4.69, 9.17) is 9.84 Å². The Hall–Kier alpha value is -1.90. The molecule has 0 aliphatic heterocycles. The lowest BCUT2D eigenvalue weighted by Gasteiger charge is -2.03. The second kappa shape index (κ2) is 12.8. The number of rotatable bonds is 7. The fourth-order valence-electron chi connectivity index (χ4n) is 1.79. The lowest BCUT2D eigenvalue weighted by atomic mass is 10.2. The third-order valence-corrected chi connectivity index (χ3v) is 2.95. The van der Waals surface area contributed by atoms with Crippen molar-refractivity contribution in [1.82, 2.24) is 0 Å². The Kier molecular flexibility index (Phi) is 10.6. The maximum atomic E-state index is 8.21. The number of ether oxygens (including phenoxy) is 1. The zero-order chi connectivity index (χ0) is 15.9. The number of benzene rings is 2. The SMILES string of the molecule is CCC/C=C/CO.c1ccc(COCc2ccccc2)cc1. The van der Waals surface area contributed by atoms with Crippen molar-refractivity contribution in [3.05, 3.63) is 83.9 Å². The first-order valence-electron chi connectivity index (χ1n) is 7.78. The van der Waals surface area contributed by atoms with E-state index in [1.807, 2.05) is 42.5 Å². The molecule has 2 heteroatoms. The minimum absolute atomic E-state index is 0.181. The molecule has 0 saturated carbocycles. The molecule has 118 valence electrons. The highest BCUT2D eigenvalue weighted by Gasteiger charge is 1.93. The fraction of sp³-hybridized carbons (Fsp3) is 0.300. The van der Waals surface area contributed by atoms with Crippen molar-refractivity contribution in [1.29, 1.82) is 0 Å². The van der Waals surface area contributed by atoms with E-state index in [2.05, 4.69) is 31.2 Å². The van der Waals surface area contributed by atoms with Gasteiger partial charge in [0.1, 0.15) is 0 Å². The van der Waals surface area contributed by atoms with Gasteiger partial charge in [0, 0.05) is 0 Å². The van der Waals surface area contributed by atoms with Gasteiger partial charge in [0.15, 0.2) is 0 Å². The molecule has 0 saturated heterocycles. The van der Waals surface area contributed by atoms with Crippen molar-refractivity contribution in [2.45, 2.75) is 33.0 Å². The molecule has 1 N–H and O–H groups in total. The van der Waals surface area contributed by atoms with E-state index >= 15 is 0 Å². The molecule has 0 heterocycles. The first kappa shape index (κ1) is 18.1. The highest BCUT2D eigenvalue weighted by atomic mass is 16.5. The molecule has 2 rings (SSSR count). The van der Waals surface area contributed by atoms with Crippen LogP contribution in [0.5, 0.6) is 0 Å². The van der Waals surface area contributed by atoms with Crippen LogP contribution in [0.3, 0.4) is 0 Å². The summed E-state index contributed by atoms with van der Waals surface area (Å²) in [5, 5.41) is 8.21. The highest BCUT2D eigenvalue weighted by molar-refractivity contribution is 5.15. The van der Waals surface area contributed by atoms with E-state index in [-0.39, 0.29) is 6.61 Å². The molecule has 0 aliphatic rings. The minimum Gasteiger partial charge on any atom is -0.392 e. The first-order chi connectivity index (χ1) is 10.9. The molecule has 2 aromatic rings. The molecule has 0 aromatic heterocycles. The Morgan fingerprint density at radius 3 is 1.73 bits per heavy atom. The molecule has 0 aliphatic carbocycles. The van der Waals surface area contributed by atoms with Crippen LogP contribution in [0.1, 0.15) is 30.9 Å². The Balaban J connectivity index is 0.000000295.